The van der Waals surface area contributed by atoms with Crippen LogP contribution in [0.5, 0.6) is 0 Å². The van der Waals surface area contributed by atoms with Gasteiger partial charge in [-0.3, -0.25) is 4.57 Å². The average Bonchev–Trinajstić information content (AvgIpc) is 2.56. The second-order valence-corrected chi connectivity index (χ2v) is 7.53. The lowest BCUT2D eigenvalue weighted by atomic mass is 10.0. The molecule has 3 nitrogen and oxygen atoms in total. The molecule has 1 N–H and O–H groups in total. The third-order valence-electron chi connectivity index (χ3n) is 4.18. The van der Waals surface area contributed by atoms with E-state index >= 15 is 0 Å². The van der Waals surface area contributed by atoms with Crippen molar-refractivity contribution in [2.75, 3.05) is 6.61 Å². The number of unbranched alkanes of at least 4 members (excludes halogenated alkanes) is 14. The van der Waals surface area contributed by atoms with Gasteiger partial charge in [-0.1, -0.05) is 117 Å². The van der Waals surface area contributed by atoms with E-state index in [1.54, 1.807) is 0 Å². The SMILES string of the molecule is CCCCCCCCCCCCCCCC.CCCCO[PH](=O)O. The summed E-state index contributed by atoms with van der Waals surface area (Å²) < 4.78 is 14.2. The van der Waals surface area contributed by atoms with Gasteiger partial charge in [0.25, 0.3) is 0 Å². The van der Waals surface area contributed by atoms with Gasteiger partial charge in [-0.2, -0.15) is 0 Å². The minimum atomic E-state index is -2.66. The molecule has 24 heavy (non-hydrogen) atoms. The van der Waals surface area contributed by atoms with Gasteiger partial charge in [0.2, 0.25) is 0 Å². The maximum absolute atomic E-state index is 9.84. The van der Waals surface area contributed by atoms with Crippen molar-refractivity contribution >= 4 is 8.25 Å². The highest BCUT2D eigenvalue weighted by Crippen LogP contribution is 2.14. The Morgan fingerprint density at radius 1 is 0.583 bits per heavy atom. The van der Waals surface area contributed by atoms with E-state index in [0.29, 0.717) is 6.61 Å². The normalized spacial score (nSPS) is 11.8. The topological polar surface area (TPSA) is 46.5 Å². The van der Waals surface area contributed by atoms with Gasteiger partial charge in [-0.05, 0) is 6.42 Å². The van der Waals surface area contributed by atoms with Crippen molar-refractivity contribution in [3.63, 3.8) is 0 Å². The smallest absolute Gasteiger partial charge is 0.316 e. The fourth-order valence-corrected chi connectivity index (χ4v) is 2.89. The Morgan fingerprint density at radius 3 is 1.12 bits per heavy atom. The second-order valence-electron chi connectivity index (χ2n) is 6.71. The Bertz CT molecular complexity index is 221. The molecule has 0 aromatic heterocycles. The summed E-state index contributed by atoms with van der Waals surface area (Å²) in [5.41, 5.74) is 0. The van der Waals surface area contributed by atoms with Gasteiger partial charge in [0.15, 0.2) is 0 Å². The molecule has 0 amide bonds. The van der Waals surface area contributed by atoms with Crippen molar-refractivity contribution in [2.45, 2.75) is 124 Å². The lowest BCUT2D eigenvalue weighted by Crippen LogP contribution is -1.82. The van der Waals surface area contributed by atoms with E-state index in [1.807, 2.05) is 6.92 Å². The Labute approximate surface area is 152 Å². The molecule has 0 saturated carbocycles. The third kappa shape index (κ3) is 30.1. The molecule has 0 heterocycles. The van der Waals surface area contributed by atoms with E-state index in [-0.39, 0.29) is 0 Å². The molecule has 1 unspecified atom stereocenters. The minimum Gasteiger partial charge on any atom is -0.326 e. The predicted molar refractivity (Wildman–Crippen MR) is 108 cm³/mol. The highest BCUT2D eigenvalue weighted by molar-refractivity contribution is 7.32. The van der Waals surface area contributed by atoms with Crippen LogP contribution in [0.1, 0.15) is 124 Å². The van der Waals surface area contributed by atoms with Crippen molar-refractivity contribution in [3.05, 3.63) is 0 Å². The van der Waals surface area contributed by atoms with Crippen molar-refractivity contribution in [3.8, 4) is 0 Å². The first-order valence-corrected chi connectivity index (χ1v) is 11.8. The van der Waals surface area contributed by atoms with Gasteiger partial charge in [0, 0.05) is 0 Å². The first kappa shape index (κ1) is 26.4. The van der Waals surface area contributed by atoms with Crippen LogP contribution in [0, 0.1) is 0 Å². The lowest BCUT2D eigenvalue weighted by molar-refractivity contribution is 0.276. The molecule has 0 aliphatic carbocycles. The van der Waals surface area contributed by atoms with Gasteiger partial charge < -0.3 is 9.42 Å². The number of hydrogen-bond acceptors (Lipinski definition) is 2. The predicted octanol–water partition coefficient (Wildman–Crippen LogP) is 7.67. The van der Waals surface area contributed by atoms with E-state index in [1.165, 1.54) is 89.9 Å². The van der Waals surface area contributed by atoms with E-state index in [2.05, 4.69) is 18.4 Å². The minimum absolute atomic E-state index is 0.408. The summed E-state index contributed by atoms with van der Waals surface area (Å²) in [5, 5.41) is 0. The molecule has 0 rings (SSSR count). The van der Waals surface area contributed by atoms with Crippen LogP contribution in [0.3, 0.4) is 0 Å². The van der Waals surface area contributed by atoms with Crippen molar-refractivity contribution in [2.24, 2.45) is 0 Å². The summed E-state index contributed by atoms with van der Waals surface area (Å²) in [5.74, 6) is 0. The van der Waals surface area contributed by atoms with Crippen LogP contribution >= 0.6 is 8.25 Å². The molecule has 0 aromatic carbocycles. The molecule has 0 spiro atoms. The van der Waals surface area contributed by atoms with Gasteiger partial charge in [0.05, 0.1) is 6.61 Å². The summed E-state index contributed by atoms with van der Waals surface area (Å²) in [6, 6.07) is 0. The first-order valence-electron chi connectivity index (χ1n) is 10.5. The number of hydrogen-bond donors (Lipinski definition) is 1. The van der Waals surface area contributed by atoms with Crippen LogP contribution in [0.15, 0.2) is 0 Å². The first-order chi connectivity index (χ1) is 11.7. The summed E-state index contributed by atoms with van der Waals surface area (Å²) in [7, 11) is -2.66. The van der Waals surface area contributed by atoms with Gasteiger partial charge in [-0.15, -0.1) is 0 Å². The Morgan fingerprint density at radius 2 is 0.875 bits per heavy atom. The number of rotatable bonds is 17. The second kappa shape index (κ2) is 25.4. The molecular formula is C20H45O3P. The molecule has 0 aliphatic heterocycles. The molecule has 1 atom stereocenters. The Hall–Kier alpha value is 0.150. The standard InChI is InChI=1S/C16H34.C4H11O3P/c1-3-5-7-9-11-13-15-16-14-12-10-8-6-4-2;1-2-3-4-7-8(5)6/h3-16H2,1-2H3;8H,2-4H2,1H3,(H,5,6). The van der Waals surface area contributed by atoms with E-state index in [9.17, 15) is 4.57 Å². The molecule has 148 valence electrons. The quantitative estimate of drug-likeness (QED) is 0.213. The molecule has 0 bridgehead atoms. The summed E-state index contributed by atoms with van der Waals surface area (Å²) >= 11 is 0. The fourth-order valence-electron chi connectivity index (χ4n) is 2.57. The zero-order valence-corrected chi connectivity index (χ0v) is 17.8. The van der Waals surface area contributed by atoms with Crippen LogP contribution in [-0.2, 0) is 9.09 Å². The molecule has 0 radical (unpaired) electrons. The highest BCUT2D eigenvalue weighted by Gasteiger charge is 1.93. The molecule has 0 aliphatic rings. The molecule has 4 heteroatoms. The zero-order chi connectivity index (χ0) is 18.3. The zero-order valence-electron chi connectivity index (χ0n) is 16.8. The summed E-state index contributed by atoms with van der Waals surface area (Å²) in [6.45, 7) is 6.99. The average molecular weight is 365 g/mol. The van der Waals surface area contributed by atoms with Crippen LogP contribution in [0.4, 0.5) is 0 Å². The van der Waals surface area contributed by atoms with Gasteiger partial charge in [-0.25, -0.2) is 0 Å². The van der Waals surface area contributed by atoms with Crippen molar-refractivity contribution in [1.29, 1.82) is 0 Å². The van der Waals surface area contributed by atoms with Crippen LogP contribution in [-0.4, -0.2) is 11.5 Å². The molecule has 0 fully saturated rings. The molecule has 0 aromatic rings. The third-order valence-corrected chi connectivity index (χ3v) is 4.63. The maximum Gasteiger partial charge on any atom is 0.316 e. The van der Waals surface area contributed by atoms with Crippen molar-refractivity contribution < 1.29 is 14.0 Å². The van der Waals surface area contributed by atoms with E-state index < -0.39 is 8.25 Å². The van der Waals surface area contributed by atoms with Crippen LogP contribution < -0.4 is 0 Å². The lowest BCUT2D eigenvalue weighted by Gasteiger charge is -2.02. The molecular weight excluding hydrogens is 319 g/mol. The van der Waals surface area contributed by atoms with Crippen molar-refractivity contribution in [1.82, 2.24) is 0 Å². The van der Waals surface area contributed by atoms with Gasteiger partial charge in [0.1, 0.15) is 0 Å². The summed E-state index contributed by atoms with van der Waals surface area (Å²) in [6.07, 6.45) is 22.3. The maximum atomic E-state index is 9.84. The van der Waals surface area contributed by atoms with E-state index in [4.69, 9.17) is 4.89 Å². The molecule has 0 saturated heterocycles. The Kier molecular flexibility index (Phi) is 27.9. The van der Waals surface area contributed by atoms with Crippen LogP contribution in [0.25, 0.3) is 0 Å². The summed E-state index contributed by atoms with van der Waals surface area (Å²) in [4.78, 5) is 8.10. The largest absolute Gasteiger partial charge is 0.326 e. The van der Waals surface area contributed by atoms with Crippen LogP contribution in [0.2, 0.25) is 0 Å². The fraction of sp³-hybridized carbons (Fsp3) is 1.00. The van der Waals surface area contributed by atoms with E-state index in [0.717, 1.165) is 12.8 Å². The Balaban J connectivity index is 0. The van der Waals surface area contributed by atoms with Gasteiger partial charge >= 0.3 is 8.25 Å². The monoisotopic (exact) mass is 364 g/mol. The highest BCUT2D eigenvalue weighted by atomic mass is 31.1.